The summed E-state index contributed by atoms with van der Waals surface area (Å²) in [6.45, 7) is 2.01. The molecule has 1 spiro atoms. The number of nitrogens with zero attached hydrogens (tertiary/aromatic N) is 1. The number of thiophene rings is 1. The van der Waals surface area contributed by atoms with Crippen LogP contribution in [0.2, 0.25) is 0 Å². The standard InChI is InChI=1S/C21H21N3O5S/c1-12(18(25)22-10-13-4-5-15-16(9-13)29-11-28-15)24-19(26)21(23-20(24)27)7-2-3-17-14(21)6-8-30-17/h4-6,8-9,12H,2-3,7,10-11H2,1H3,(H,22,25)(H,23,27)/t12-,21+/m1/s1. The van der Waals surface area contributed by atoms with Gasteiger partial charge in [-0.2, -0.15) is 0 Å². The Bertz CT molecular complexity index is 1050. The number of hydrogen-bond acceptors (Lipinski definition) is 6. The summed E-state index contributed by atoms with van der Waals surface area (Å²) in [5.74, 6) is 0.560. The Hall–Kier alpha value is -3.07. The fourth-order valence-corrected chi connectivity index (χ4v) is 5.37. The zero-order valence-electron chi connectivity index (χ0n) is 16.4. The van der Waals surface area contributed by atoms with E-state index in [1.54, 1.807) is 30.4 Å². The average Bonchev–Trinajstić information content (AvgIpc) is 3.45. The van der Waals surface area contributed by atoms with Crippen LogP contribution in [0.1, 0.15) is 35.8 Å². The molecule has 1 aliphatic carbocycles. The van der Waals surface area contributed by atoms with Crippen LogP contribution in [0.3, 0.4) is 0 Å². The van der Waals surface area contributed by atoms with Crippen LogP contribution in [0.4, 0.5) is 4.79 Å². The van der Waals surface area contributed by atoms with E-state index < -0.39 is 23.5 Å². The van der Waals surface area contributed by atoms with Crippen LogP contribution < -0.4 is 20.1 Å². The van der Waals surface area contributed by atoms with Gasteiger partial charge in [-0.15, -0.1) is 11.3 Å². The monoisotopic (exact) mass is 427 g/mol. The summed E-state index contributed by atoms with van der Waals surface area (Å²) >= 11 is 1.60. The third-order valence-corrected chi connectivity index (χ3v) is 6.94. The molecule has 30 heavy (non-hydrogen) atoms. The van der Waals surface area contributed by atoms with Crippen molar-refractivity contribution in [1.29, 1.82) is 0 Å². The normalized spacial score (nSPS) is 22.8. The SMILES string of the molecule is C[C@H](C(=O)NCc1ccc2c(c1)OCO2)N1C(=O)N[C@]2(CCCc3sccc32)C1=O. The van der Waals surface area contributed by atoms with Gasteiger partial charge in [-0.05, 0) is 55.3 Å². The van der Waals surface area contributed by atoms with E-state index in [9.17, 15) is 14.4 Å². The molecule has 3 heterocycles. The van der Waals surface area contributed by atoms with Crippen LogP contribution in [0.5, 0.6) is 11.5 Å². The van der Waals surface area contributed by atoms with E-state index in [4.69, 9.17) is 9.47 Å². The Balaban J connectivity index is 1.30. The smallest absolute Gasteiger partial charge is 0.326 e. The number of benzene rings is 1. The Kier molecular flexibility index (Phi) is 4.43. The lowest BCUT2D eigenvalue weighted by Crippen LogP contribution is -2.50. The summed E-state index contributed by atoms with van der Waals surface area (Å²) in [6, 6.07) is 5.89. The van der Waals surface area contributed by atoms with E-state index in [1.165, 1.54) is 0 Å². The number of hydrogen-bond donors (Lipinski definition) is 2. The number of fused-ring (bicyclic) bond motifs is 3. The molecule has 1 fully saturated rings. The fraction of sp³-hybridized carbons (Fsp3) is 0.381. The number of ether oxygens (including phenoxy) is 2. The first kappa shape index (κ1) is 18.9. The van der Waals surface area contributed by atoms with Gasteiger partial charge in [0.25, 0.3) is 5.91 Å². The van der Waals surface area contributed by atoms with Gasteiger partial charge in [-0.3, -0.25) is 9.59 Å². The van der Waals surface area contributed by atoms with Crippen LogP contribution in [0, 0.1) is 0 Å². The quantitative estimate of drug-likeness (QED) is 0.730. The van der Waals surface area contributed by atoms with E-state index in [0.29, 0.717) is 17.9 Å². The summed E-state index contributed by atoms with van der Waals surface area (Å²) < 4.78 is 10.6. The molecule has 0 radical (unpaired) electrons. The summed E-state index contributed by atoms with van der Waals surface area (Å²) in [4.78, 5) is 41.0. The predicted molar refractivity (Wildman–Crippen MR) is 108 cm³/mol. The number of amides is 4. The lowest BCUT2D eigenvalue weighted by Gasteiger charge is -2.31. The molecule has 4 amide bonds. The average molecular weight is 427 g/mol. The Morgan fingerprint density at radius 2 is 2.13 bits per heavy atom. The lowest BCUT2D eigenvalue weighted by atomic mass is 9.80. The van der Waals surface area contributed by atoms with Crippen molar-refractivity contribution in [2.24, 2.45) is 0 Å². The first-order valence-corrected chi connectivity index (χ1v) is 10.8. The second-order valence-electron chi connectivity index (χ2n) is 7.70. The number of carbonyl (C=O) groups excluding carboxylic acids is 3. The third-order valence-electron chi connectivity index (χ3n) is 5.95. The summed E-state index contributed by atoms with van der Waals surface area (Å²) in [7, 11) is 0. The van der Waals surface area contributed by atoms with Gasteiger partial charge in [0, 0.05) is 17.0 Å². The van der Waals surface area contributed by atoms with Crippen molar-refractivity contribution in [2.75, 3.05) is 6.79 Å². The van der Waals surface area contributed by atoms with Crippen molar-refractivity contribution in [3.8, 4) is 11.5 Å². The highest BCUT2D eigenvalue weighted by Gasteiger charge is 2.56. The van der Waals surface area contributed by atoms with Crippen LogP contribution in [-0.4, -0.2) is 35.6 Å². The summed E-state index contributed by atoms with van der Waals surface area (Å²) in [5.41, 5.74) is 0.660. The van der Waals surface area contributed by atoms with Crippen LogP contribution in [0.15, 0.2) is 29.6 Å². The van der Waals surface area contributed by atoms with Crippen LogP contribution >= 0.6 is 11.3 Å². The Labute approximate surface area is 177 Å². The molecule has 2 aromatic rings. The molecule has 1 aromatic carbocycles. The fourth-order valence-electron chi connectivity index (χ4n) is 4.37. The highest BCUT2D eigenvalue weighted by atomic mass is 32.1. The number of urea groups is 1. The van der Waals surface area contributed by atoms with Gasteiger partial charge >= 0.3 is 6.03 Å². The molecule has 5 rings (SSSR count). The van der Waals surface area contributed by atoms with Gasteiger partial charge < -0.3 is 20.1 Å². The van der Waals surface area contributed by atoms with Gasteiger partial charge in [0.1, 0.15) is 11.6 Å². The first-order valence-electron chi connectivity index (χ1n) is 9.88. The topological polar surface area (TPSA) is 97.0 Å². The molecule has 156 valence electrons. The van der Waals surface area contributed by atoms with Crippen molar-refractivity contribution in [3.05, 3.63) is 45.6 Å². The Morgan fingerprint density at radius 1 is 1.30 bits per heavy atom. The highest BCUT2D eigenvalue weighted by Crippen LogP contribution is 2.42. The van der Waals surface area contributed by atoms with E-state index >= 15 is 0 Å². The molecule has 9 heteroatoms. The van der Waals surface area contributed by atoms with Crippen molar-refractivity contribution >= 4 is 29.2 Å². The predicted octanol–water partition coefficient (Wildman–Crippen LogP) is 2.27. The minimum Gasteiger partial charge on any atom is -0.454 e. The highest BCUT2D eigenvalue weighted by molar-refractivity contribution is 7.10. The zero-order chi connectivity index (χ0) is 20.9. The van der Waals surface area contributed by atoms with Crippen molar-refractivity contribution < 1.29 is 23.9 Å². The van der Waals surface area contributed by atoms with Crippen LogP contribution in [-0.2, 0) is 28.1 Å². The third kappa shape index (κ3) is 2.84. The summed E-state index contributed by atoms with van der Waals surface area (Å²) in [6.07, 6.45) is 2.27. The molecule has 0 saturated carbocycles. The van der Waals surface area contributed by atoms with Gasteiger partial charge in [0.2, 0.25) is 12.7 Å². The molecule has 2 atom stereocenters. The van der Waals surface area contributed by atoms with E-state index in [1.807, 2.05) is 17.5 Å². The number of carbonyl (C=O) groups is 3. The van der Waals surface area contributed by atoms with Crippen molar-refractivity contribution in [3.63, 3.8) is 0 Å². The van der Waals surface area contributed by atoms with E-state index in [-0.39, 0.29) is 19.2 Å². The molecular formula is C21H21N3O5S. The number of rotatable bonds is 4. The summed E-state index contributed by atoms with van der Waals surface area (Å²) in [5, 5.41) is 7.63. The number of aryl methyl sites for hydroxylation is 1. The minimum absolute atomic E-state index is 0.182. The Morgan fingerprint density at radius 3 is 3.00 bits per heavy atom. The molecular weight excluding hydrogens is 406 g/mol. The van der Waals surface area contributed by atoms with Gasteiger partial charge in [-0.1, -0.05) is 6.07 Å². The molecule has 8 nitrogen and oxygen atoms in total. The molecule has 1 aromatic heterocycles. The van der Waals surface area contributed by atoms with Crippen LogP contribution in [0.25, 0.3) is 0 Å². The molecule has 2 aliphatic heterocycles. The minimum atomic E-state index is -1.05. The number of imide groups is 1. The molecule has 1 saturated heterocycles. The lowest BCUT2D eigenvalue weighted by molar-refractivity contribution is -0.138. The maximum absolute atomic E-state index is 13.3. The molecule has 2 N–H and O–H groups in total. The van der Waals surface area contributed by atoms with Gasteiger partial charge in [0.15, 0.2) is 11.5 Å². The maximum atomic E-state index is 13.3. The van der Waals surface area contributed by atoms with Crippen molar-refractivity contribution in [2.45, 2.75) is 44.3 Å². The molecule has 3 aliphatic rings. The maximum Gasteiger partial charge on any atom is 0.326 e. The molecule has 0 unspecified atom stereocenters. The number of nitrogens with one attached hydrogen (secondary N) is 2. The van der Waals surface area contributed by atoms with Gasteiger partial charge in [0.05, 0.1) is 0 Å². The van der Waals surface area contributed by atoms with E-state index in [2.05, 4.69) is 10.6 Å². The van der Waals surface area contributed by atoms with Crippen molar-refractivity contribution in [1.82, 2.24) is 15.5 Å². The zero-order valence-corrected chi connectivity index (χ0v) is 17.2. The second kappa shape index (κ2) is 7.02. The molecule has 0 bridgehead atoms. The largest absolute Gasteiger partial charge is 0.454 e. The first-order chi connectivity index (χ1) is 14.5. The van der Waals surface area contributed by atoms with E-state index in [0.717, 1.165) is 33.7 Å². The second-order valence-corrected chi connectivity index (χ2v) is 8.70. The van der Waals surface area contributed by atoms with Gasteiger partial charge in [-0.25, -0.2) is 9.69 Å².